The largest absolute Gasteiger partial charge is 0.479 e. The molecule has 1 aliphatic rings. The lowest BCUT2D eigenvalue weighted by Gasteiger charge is -2.34. The zero-order chi connectivity index (χ0) is 15.0. The van der Waals surface area contributed by atoms with Crippen LogP contribution >= 0.6 is 11.3 Å². The van der Waals surface area contributed by atoms with Crippen LogP contribution in [0.15, 0.2) is 35.7 Å². The molecular weight excluding hydrogens is 286 g/mol. The second-order valence-electron chi connectivity index (χ2n) is 5.12. The zero-order valence-electron chi connectivity index (χ0n) is 11.6. The third-order valence-corrected chi connectivity index (χ3v) is 4.84. The van der Waals surface area contributed by atoms with E-state index < -0.39 is 12.0 Å². The minimum atomic E-state index is -0.982. The number of aryl methyl sites for hydroxylation is 1. The second-order valence-corrected chi connectivity index (χ2v) is 6.04. The van der Waals surface area contributed by atoms with E-state index in [4.69, 9.17) is 0 Å². The molecule has 1 unspecified atom stereocenters. The summed E-state index contributed by atoms with van der Waals surface area (Å²) in [6, 6.07) is 8.44. The Morgan fingerprint density at radius 3 is 2.71 bits per heavy atom. The van der Waals surface area contributed by atoms with Crippen LogP contribution in [0.1, 0.15) is 32.4 Å². The van der Waals surface area contributed by atoms with Crippen molar-refractivity contribution in [2.24, 2.45) is 0 Å². The van der Waals surface area contributed by atoms with Gasteiger partial charge in [0.15, 0.2) is 6.04 Å². The number of aliphatic carboxylic acids is 1. The fourth-order valence-corrected chi connectivity index (χ4v) is 3.65. The van der Waals surface area contributed by atoms with Gasteiger partial charge in [0.1, 0.15) is 0 Å². The predicted octanol–water partition coefficient (Wildman–Crippen LogP) is 2.88. The van der Waals surface area contributed by atoms with Crippen LogP contribution < -0.4 is 0 Å². The molecule has 21 heavy (non-hydrogen) atoms. The van der Waals surface area contributed by atoms with Gasteiger partial charge in [-0.25, -0.2) is 4.79 Å². The lowest BCUT2D eigenvalue weighted by atomic mass is 9.92. The van der Waals surface area contributed by atoms with Gasteiger partial charge < -0.3 is 10.0 Å². The van der Waals surface area contributed by atoms with Gasteiger partial charge in [0.25, 0.3) is 5.91 Å². The quantitative estimate of drug-likeness (QED) is 0.928. The normalized spacial score (nSPS) is 17.4. The summed E-state index contributed by atoms with van der Waals surface area (Å²) in [6.07, 6.45) is 0.691. The van der Waals surface area contributed by atoms with E-state index in [2.05, 4.69) is 0 Å². The molecule has 0 saturated carbocycles. The molecule has 3 rings (SSSR count). The maximum absolute atomic E-state index is 12.7. The van der Waals surface area contributed by atoms with E-state index in [1.807, 2.05) is 36.6 Å². The van der Waals surface area contributed by atoms with E-state index in [0.29, 0.717) is 17.8 Å². The van der Waals surface area contributed by atoms with E-state index in [9.17, 15) is 14.7 Å². The number of carbonyl (C=O) groups excluding carboxylic acids is 1. The van der Waals surface area contributed by atoms with Crippen molar-refractivity contribution in [2.75, 3.05) is 6.54 Å². The Morgan fingerprint density at radius 2 is 2.05 bits per heavy atom. The van der Waals surface area contributed by atoms with Crippen LogP contribution in [0, 0.1) is 6.92 Å². The Labute approximate surface area is 126 Å². The summed E-state index contributed by atoms with van der Waals surface area (Å²) in [5.41, 5.74) is 2.63. The van der Waals surface area contributed by atoms with Gasteiger partial charge in [-0.05, 0) is 41.5 Å². The molecule has 0 radical (unpaired) electrons. The first-order valence-electron chi connectivity index (χ1n) is 6.75. The number of rotatable bonds is 2. The molecule has 1 atom stereocenters. The first kappa shape index (κ1) is 13.8. The van der Waals surface area contributed by atoms with E-state index >= 15 is 0 Å². The Balaban J connectivity index is 2.02. The maximum atomic E-state index is 12.7. The number of carboxylic acids is 1. The maximum Gasteiger partial charge on any atom is 0.331 e. The Hall–Kier alpha value is -2.14. The van der Waals surface area contributed by atoms with Crippen molar-refractivity contribution in [3.05, 3.63) is 57.3 Å². The molecule has 4 nitrogen and oxygen atoms in total. The molecule has 2 aromatic rings. The number of benzene rings is 1. The molecule has 1 aliphatic heterocycles. The number of thiophene rings is 1. The molecule has 1 aromatic heterocycles. The summed E-state index contributed by atoms with van der Waals surface area (Å²) < 4.78 is 0. The topological polar surface area (TPSA) is 57.6 Å². The van der Waals surface area contributed by atoms with Crippen LogP contribution in [0.25, 0.3) is 0 Å². The number of nitrogens with zero attached hydrogens (tertiary/aromatic N) is 1. The average Bonchev–Trinajstić information content (AvgIpc) is 2.91. The van der Waals surface area contributed by atoms with E-state index in [0.717, 1.165) is 16.7 Å². The minimum absolute atomic E-state index is 0.190. The smallest absolute Gasteiger partial charge is 0.331 e. The predicted molar refractivity (Wildman–Crippen MR) is 80.6 cm³/mol. The van der Waals surface area contributed by atoms with Crippen molar-refractivity contribution >= 4 is 23.2 Å². The van der Waals surface area contributed by atoms with Crippen molar-refractivity contribution < 1.29 is 14.7 Å². The Morgan fingerprint density at radius 1 is 1.29 bits per heavy atom. The average molecular weight is 301 g/mol. The highest BCUT2D eigenvalue weighted by Crippen LogP contribution is 2.32. The molecule has 0 fully saturated rings. The summed E-state index contributed by atoms with van der Waals surface area (Å²) in [6.45, 7) is 2.31. The monoisotopic (exact) mass is 301 g/mol. The first-order chi connectivity index (χ1) is 10.1. The standard InChI is InChI=1S/C16H15NO3S/c1-10-7-9-21-14(10)15(18)17-8-6-11-4-2-3-5-12(11)13(17)16(19)20/h2-5,7,9,13H,6,8H2,1H3,(H,19,20). The van der Waals surface area contributed by atoms with Crippen molar-refractivity contribution in [1.82, 2.24) is 4.90 Å². The highest BCUT2D eigenvalue weighted by molar-refractivity contribution is 7.12. The molecule has 0 spiro atoms. The van der Waals surface area contributed by atoms with Crippen molar-refractivity contribution in [3.63, 3.8) is 0 Å². The molecular formula is C16H15NO3S. The summed E-state index contributed by atoms with van der Waals surface area (Å²) in [5, 5.41) is 11.4. The molecule has 1 amide bonds. The fraction of sp³-hybridized carbons (Fsp3) is 0.250. The third kappa shape index (κ3) is 2.34. The first-order valence-corrected chi connectivity index (χ1v) is 7.63. The van der Waals surface area contributed by atoms with Crippen molar-refractivity contribution in [2.45, 2.75) is 19.4 Å². The molecule has 0 bridgehead atoms. The number of hydrogen-bond donors (Lipinski definition) is 1. The molecule has 2 heterocycles. The van der Waals surface area contributed by atoms with Gasteiger partial charge in [0.2, 0.25) is 0 Å². The minimum Gasteiger partial charge on any atom is -0.479 e. The molecule has 108 valence electrons. The Kier molecular flexibility index (Phi) is 3.51. The van der Waals surface area contributed by atoms with Crippen molar-refractivity contribution in [1.29, 1.82) is 0 Å². The molecule has 0 saturated heterocycles. The van der Waals surface area contributed by atoms with Crippen LogP contribution in [-0.4, -0.2) is 28.4 Å². The lowest BCUT2D eigenvalue weighted by Crippen LogP contribution is -2.43. The van der Waals surface area contributed by atoms with Gasteiger partial charge in [-0.2, -0.15) is 0 Å². The van der Waals surface area contributed by atoms with Crippen LogP contribution in [-0.2, 0) is 11.2 Å². The summed E-state index contributed by atoms with van der Waals surface area (Å²) >= 11 is 1.36. The number of carboxylic acid groups (broad SMARTS) is 1. The van der Waals surface area contributed by atoms with Gasteiger partial charge in [0, 0.05) is 6.54 Å². The molecule has 1 aromatic carbocycles. The number of hydrogen-bond acceptors (Lipinski definition) is 3. The van der Waals surface area contributed by atoms with E-state index in [1.165, 1.54) is 16.2 Å². The van der Waals surface area contributed by atoms with E-state index in [1.54, 1.807) is 6.07 Å². The second kappa shape index (κ2) is 5.33. The van der Waals surface area contributed by atoms with Gasteiger partial charge in [0.05, 0.1) is 4.88 Å². The third-order valence-electron chi connectivity index (χ3n) is 3.83. The SMILES string of the molecule is Cc1ccsc1C(=O)N1CCc2ccccc2C1C(=O)O. The van der Waals surface area contributed by atoms with Gasteiger partial charge in [-0.1, -0.05) is 24.3 Å². The number of fused-ring (bicyclic) bond motifs is 1. The lowest BCUT2D eigenvalue weighted by molar-refractivity contribution is -0.143. The highest BCUT2D eigenvalue weighted by atomic mass is 32.1. The van der Waals surface area contributed by atoms with Crippen LogP contribution in [0.3, 0.4) is 0 Å². The number of carbonyl (C=O) groups is 2. The Bertz CT molecular complexity index is 707. The summed E-state index contributed by atoms with van der Waals surface area (Å²) in [4.78, 5) is 26.5. The molecule has 1 N–H and O–H groups in total. The van der Waals surface area contributed by atoms with Crippen LogP contribution in [0.4, 0.5) is 0 Å². The highest BCUT2D eigenvalue weighted by Gasteiger charge is 2.36. The van der Waals surface area contributed by atoms with Gasteiger partial charge in [-0.3, -0.25) is 4.79 Å². The van der Waals surface area contributed by atoms with Gasteiger partial charge in [-0.15, -0.1) is 11.3 Å². The molecule has 0 aliphatic carbocycles. The fourth-order valence-electron chi connectivity index (χ4n) is 2.77. The summed E-state index contributed by atoms with van der Waals surface area (Å²) in [5.74, 6) is -1.17. The molecule has 5 heteroatoms. The number of amides is 1. The van der Waals surface area contributed by atoms with Crippen LogP contribution in [0.5, 0.6) is 0 Å². The zero-order valence-corrected chi connectivity index (χ0v) is 12.4. The van der Waals surface area contributed by atoms with E-state index in [-0.39, 0.29) is 5.91 Å². The van der Waals surface area contributed by atoms with Gasteiger partial charge >= 0.3 is 5.97 Å². The van der Waals surface area contributed by atoms with Crippen molar-refractivity contribution in [3.8, 4) is 0 Å². The van der Waals surface area contributed by atoms with Crippen LogP contribution in [0.2, 0.25) is 0 Å². The summed E-state index contributed by atoms with van der Waals surface area (Å²) in [7, 11) is 0.